The average molecular weight is 263 g/mol. The summed E-state index contributed by atoms with van der Waals surface area (Å²) in [5, 5.41) is 7.00. The van der Waals surface area contributed by atoms with Crippen LogP contribution in [0.4, 0.5) is 0 Å². The molecule has 1 aromatic heterocycles. The summed E-state index contributed by atoms with van der Waals surface area (Å²) in [5.41, 5.74) is 0.467. The van der Waals surface area contributed by atoms with E-state index < -0.39 is 0 Å². The first-order valence-corrected chi connectivity index (χ1v) is 6.37. The molecular weight excluding hydrogens is 250 g/mol. The van der Waals surface area contributed by atoms with Crippen LogP contribution in [0.5, 0.6) is 0 Å². The molecule has 18 heavy (non-hydrogen) atoms. The molecule has 5 nitrogen and oxygen atoms in total. The van der Waals surface area contributed by atoms with Gasteiger partial charge in [-0.2, -0.15) is 0 Å². The van der Waals surface area contributed by atoms with Crippen molar-refractivity contribution in [3.63, 3.8) is 0 Å². The first-order chi connectivity index (χ1) is 8.61. The number of hydrogen-bond acceptors (Lipinski definition) is 4. The number of benzene rings is 1. The molecular formula is C12H13N3O2S. The number of rotatable bonds is 4. The van der Waals surface area contributed by atoms with Crippen LogP contribution in [0.1, 0.15) is 24.2 Å². The third-order valence-electron chi connectivity index (χ3n) is 2.51. The molecule has 0 saturated carbocycles. The zero-order valence-electron chi connectivity index (χ0n) is 10.1. The maximum absolute atomic E-state index is 11.4. The van der Waals surface area contributed by atoms with Crippen molar-refractivity contribution in [1.29, 1.82) is 0 Å². The number of aromatic amines is 1. The Balaban J connectivity index is 2.23. The number of Topliss-reactive ketones (excluding diaryl/α,β-unsaturated/α-hetero) is 1. The van der Waals surface area contributed by atoms with Gasteiger partial charge in [0.2, 0.25) is 0 Å². The summed E-state index contributed by atoms with van der Waals surface area (Å²) in [6.45, 7) is 3.99. The Morgan fingerprint density at radius 1 is 1.39 bits per heavy atom. The highest BCUT2D eigenvalue weighted by molar-refractivity contribution is 7.99. The summed E-state index contributed by atoms with van der Waals surface area (Å²) in [7, 11) is 0. The lowest BCUT2D eigenvalue weighted by Gasteiger charge is -2.02. The summed E-state index contributed by atoms with van der Waals surface area (Å²) in [5.74, 6) is 0.0387. The summed E-state index contributed by atoms with van der Waals surface area (Å²) >= 11 is 1.39. The van der Waals surface area contributed by atoms with Crippen molar-refractivity contribution in [3.8, 4) is 0 Å². The number of H-pyrrole nitrogens is 1. The van der Waals surface area contributed by atoms with Crippen LogP contribution in [0, 0.1) is 0 Å². The Bertz CT molecular complexity index is 613. The third kappa shape index (κ3) is 2.53. The van der Waals surface area contributed by atoms with Gasteiger partial charge < -0.3 is 0 Å². The summed E-state index contributed by atoms with van der Waals surface area (Å²) in [4.78, 5) is 23.5. The molecule has 0 unspecified atom stereocenters. The van der Waals surface area contributed by atoms with Gasteiger partial charge in [-0.1, -0.05) is 12.1 Å². The maximum Gasteiger partial charge on any atom is 0.343 e. The topological polar surface area (TPSA) is 67.8 Å². The summed E-state index contributed by atoms with van der Waals surface area (Å²) < 4.78 is 1.56. The first-order valence-electron chi connectivity index (χ1n) is 5.56. The van der Waals surface area contributed by atoms with E-state index in [0.717, 1.165) is 4.90 Å². The van der Waals surface area contributed by atoms with Crippen molar-refractivity contribution in [2.75, 3.05) is 0 Å². The number of nitrogens with one attached hydrogen (secondary N) is 1. The van der Waals surface area contributed by atoms with Crippen molar-refractivity contribution in [2.45, 2.75) is 30.4 Å². The van der Waals surface area contributed by atoms with E-state index in [9.17, 15) is 9.59 Å². The molecule has 0 atom stereocenters. The number of carbonyl (C=O) groups is 1. The molecule has 6 heteroatoms. The van der Waals surface area contributed by atoms with Gasteiger partial charge in [0, 0.05) is 17.0 Å². The molecule has 0 saturated heterocycles. The summed E-state index contributed by atoms with van der Waals surface area (Å²) in [6.07, 6.45) is 0. The van der Waals surface area contributed by atoms with Crippen LogP contribution >= 0.6 is 11.8 Å². The van der Waals surface area contributed by atoms with Crippen LogP contribution < -0.4 is 5.69 Å². The minimum absolute atomic E-state index is 0.0387. The second kappa shape index (κ2) is 5.22. The molecule has 0 aliphatic rings. The highest BCUT2D eigenvalue weighted by Gasteiger charge is 2.08. The van der Waals surface area contributed by atoms with Crippen molar-refractivity contribution in [3.05, 3.63) is 40.3 Å². The van der Waals surface area contributed by atoms with Crippen molar-refractivity contribution < 1.29 is 4.79 Å². The predicted octanol–water partition coefficient (Wildman–Crippen LogP) is 1.95. The van der Waals surface area contributed by atoms with Crippen LogP contribution in [0.25, 0.3) is 0 Å². The number of nitrogens with zero attached hydrogens (tertiary/aromatic N) is 2. The molecule has 2 rings (SSSR count). The first kappa shape index (κ1) is 12.6. The lowest BCUT2D eigenvalue weighted by atomic mass is 10.2. The van der Waals surface area contributed by atoms with Crippen molar-refractivity contribution in [2.24, 2.45) is 0 Å². The highest BCUT2D eigenvalue weighted by Crippen LogP contribution is 2.25. The van der Waals surface area contributed by atoms with E-state index in [1.54, 1.807) is 16.7 Å². The Morgan fingerprint density at radius 2 is 2.06 bits per heavy atom. The molecule has 0 aliphatic carbocycles. The molecule has 94 valence electrons. The summed E-state index contributed by atoms with van der Waals surface area (Å²) in [6, 6.07) is 7.23. The van der Waals surface area contributed by atoms with Crippen molar-refractivity contribution in [1.82, 2.24) is 14.8 Å². The molecule has 0 fully saturated rings. The molecule has 0 spiro atoms. The number of aromatic nitrogens is 3. The zero-order chi connectivity index (χ0) is 13.1. The Kier molecular flexibility index (Phi) is 3.66. The van der Waals surface area contributed by atoms with Gasteiger partial charge >= 0.3 is 5.69 Å². The number of ketones is 1. The van der Waals surface area contributed by atoms with E-state index in [2.05, 4.69) is 10.2 Å². The molecule has 1 N–H and O–H groups in total. The Morgan fingerprint density at radius 3 is 2.61 bits per heavy atom. The van der Waals surface area contributed by atoms with Crippen LogP contribution in [0.2, 0.25) is 0 Å². The monoisotopic (exact) mass is 263 g/mol. The SMILES string of the molecule is CCn1c(Sc2ccc(C(C)=O)cc2)n[nH]c1=O. The minimum Gasteiger partial charge on any atom is -0.295 e. The van der Waals surface area contributed by atoms with Gasteiger partial charge in [0.25, 0.3) is 0 Å². The van der Waals surface area contributed by atoms with Gasteiger partial charge in [-0.25, -0.2) is 9.89 Å². The smallest absolute Gasteiger partial charge is 0.295 e. The van der Waals surface area contributed by atoms with Gasteiger partial charge in [-0.3, -0.25) is 9.36 Å². The van der Waals surface area contributed by atoms with Gasteiger partial charge in [0.05, 0.1) is 0 Å². The lowest BCUT2D eigenvalue weighted by molar-refractivity contribution is 0.101. The minimum atomic E-state index is -0.208. The van der Waals surface area contributed by atoms with Crippen LogP contribution in [-0.2, 0) is 6.54 Å². The Hall–Kier alpha value is -1.82. The molecule has 0 aliphatic heterocycles. The fraction of sp³-hybridized carbons (Fsp3) is 0.250. The van der Waals surface area contributed by atoms with E-state index in [4.69, 9.17) is 0 Å². The standard InChI is InChI=1S/C12H13N3O2S/c1-3-15-11(17)13-14-12(15)18-10-6-4-9(5-7-10)8(2)16/h4-7H,3H2,1-2H3,(H,13,17). The largest absolute Gasteiger partial charge is 0.343 e. The lowest BCUT2D eigenvalue weighted by Crippen LogP contribution is -2.15. The van der Waals surface area contributed by atoms with Gasteiger partial charge in [-0.15, -0.1) is 5.10 Å². The van der Waals surface area contributed by atoms with E-state index in [1.807, 2.05) is 19.1 Å². The zero-order valence-corrected chi connectivity index (χ0v) is 11.0. The second-order valence-corrected chi connectivity index (χ2v) is 4.78. The second-order valence-electron chi connectivity index (χ2n) is 3.74. The average Bonchev–Trinajstić information content (AvgIpc) is 2.70. The highest BCUT2D eigenvalue weighted by atomic mass is 32.2. The van der Waals surface area contributed by atoms with Crippen molar-refractivity contribution >= 4 is 17.5 Å². The fourth-order valence-electron chi connectivity index (χ4n) is 1.52. The van der Waals surface area contributed by atoms with E-state index in [1.165, 1.54) is 18.7 Å². The van der Waals surface area contributed by atoms with Crippen LogP contribution in [-0.4, -0.2) is 20.5 Å². The van der Waals surface area contributed by atoms with E-state index >= 15 is 0 Å². The molecule has 1 aromatic carbocycles. The predicted molar refractivity (Wildman–Crippen MR) is 69.1 cm³/mol. The molecule has 1 heterocycles. The van der Waals surface area contributed by atoms with Crippen LogP contribution in [0.3, 0.4) is 0 Å². The number of hydrogen-bond donors (Lipinski definition) is 1. The molecule has 0 radical (unpaired) electrons. The fourth-order valence-corrected chi connectivity index (χ4v) is 2.42. The Labute approximate surface area is 108 Å². The van der Waals surface area contributed by atoms with E-state index in [-0.39, 0.29) is 11.5 Å². The van der Waals surface area contributed by atoms with Gasteiger partial charge in [0.15, 0.2) is 10.9 Å². The molecule has 0 bridgehead atoms. The molecule has 0 amide bonds. The quantitative estimate of drug-likeness (QED) is 0.856. The third-order valence-corrected chi connectivity index (χ3v) is 3.51. The van der Waals surface area contributed by atoms with E-state index in [0.29, 0.717) is 17.3 Å². The maximum atomic E-state index is 11.4. The van der Waals surface area contributed by atoms with Gasteiger partial charge in [0.1, 0.15) is 0 Å². The normalized spacial score (nSPS) is 10.6. The number of carbonyl (C=O) groups excluding carboxylic acids is 1. The van der Waals surface area contributed by atoms with Gasteiger partial charge in [-0.05, 0) is 37.7 Å². The molecule has 2 aromatic rings. The van der Waals surface area contributed by atoms with Crippen LogP contribution in [0.15, 0.2) is 39.1 Å².